The number of amides is 1. The fourth-order valence-corrected chi connectivity index (χ4v) is 3.26. The van der Waals surface area contributed by atoms with Gasteiger partial charge in [0.1, 0.15) is 12.1 Å². The SMILES string of the molecule is CNC=O.CNCC1CCN(c2ncnc3cc(OC)c(OC)cc23)CC1. The standard InChI is InChI=1S/C17H24N4O2.C2H5NO/c1-18-10-12-4-6-21(7-5-12)17-13-8-15(22-2)16(23-3)9-14(13)19-11-20-17;1-3-2-4/h8-9,11-12,18H,4-7,10H2,1-3H3;2H,1H3,(H,3,4). The van der Waals surface area contributed by atoms with Crippen molar-refractivity contribution < 1.29 is 14.3 Å². The highest BCUT2D eigenvalue weighted by molar-refractivity contribution is 5.92. The number of carbonyl (C=O) groups excluding carboxylic acids is 1. The topological polar surface area (TPSA) is 88.6 Å². The monoisotopic (exact) mass is 375 g/mol. The Morgan fingerprint density at radius 1 is 1.15 bits per heavy atom. The van der Waals surface area contributed by atoms with Gasteiger partial charge >= 0.3 is 0 Å². The summed E-state index contributed by atoms with van der Waals surface area (Å²) in [5, 5.41) is 6.54. The Kier molecular flexibility index (Phi) is 8.06. The molecule has 148 valence electrons. The van der Waals surface area contributed by atoms with Crippen LogP contribution in [-0.4, -0.2) is 64.3 Å². The van der Waals surface area contributed by atoms with Crippen LogP contribution in [0.5, 0.6) is 11.5 Å². The van der Waals surface area contributed by atoms with Crippen LogP contribution in [-0.2, 0) is 4.79 Å². The van der Waals surface area contributed by atoms with Gasteiger partial charge in [-0.25, -0.2) is 9.97 Å². The van der Waals surface area contributed by atoms with Crippen molar-refractivity contribution in [2.75, 3.05) is 52.8 Å². The van der Waals surface area contributed by atoms with Gasteiger partial charge < -0.3 is 25.0 Å². The fourth-order valence-electron chi connectivity index (χ4n) is 3.26. The van der Waals surface area contributed by atoms with Gasteiger partial charge in [-0.3, -0.25) is 4.79 Å². The molecule has 2 aromatic rings. The van der Waals surface area contributed by atoms with Crippen LogP contribution in [0.3, 0.4) is 0 Å². The zero-order valence-corrected chi connectivity index (χ0v) is 16.5. The molecule has 1 amide bonds. The van der Waals surface area contributed by atoms with Gasteiger partial charge in [0.25, 0.3) is 0 Å². The summed E-state index contributed by atoms with van der Waals surface area (Å²) in [6.45, 7) is 3.13. The number of carbonyl (C=O) groups is 1. The highest BCUT2D eigenvalue weighted by atomic mass is 16.5. The van der Waals surface area contributed by atoms with Crippen molar-refractivity contribution in [2.24, 2.45) is 5.92 Å². The molecule has 1 aliphatic rings. The van der Waals surface area contributed by atoms with Gasteiger partial charge in [0.2, 0.25) is 6.41 Å². The molecule has 1 aliphatic heterocycles. The van der Waals surface area contributed by atoms with Crippen LogP contribution in [0, 0.1) is 5.92 Å². The lowest BCUT2D eigenvalue weighted by Gasteiger charge is -2.33. The van der Waals surface area contributed by atoms with Crippen LogP contribution in [0.2, 0.25) is 0 Å². The van der Waals surface area contributed by atoms with Crippen molar-refractivity contribution in [2.45, 2.75) is 12.8 Å². The number of anilines is 1. The van der Waals surface area contributed by atoms with Gasteiger partial charge in [0.05, 0.1) is 19.7 Å². The van der Waals surface area contributed by atoms with Crippen LogP contribution in [0.4, 0.5) is 5.82 Å². The third-order valence-electron chi connectivity index (χ3n) is 4.64. The number of fused-ring (bicyclic) bond motifs is 1. The Hall–Kier alpha value is -2.61. The molecule has 27 heavy (non-hydrogen) atoms. The summed E-state index contributed by atoms with van der Waals surface area (Å²) in [4.78, 5) is 20.3. The molecule has 1 saturated heterocycles. The Morgan fingerprint density at radius 3 is 2.33 bits per heavy atom. The third kappa shape index (κ3) is 5.19. The van der Waals surface area contributed by atoms with E-state index < -0.39 is 0 Å². The molecule has 0 unspecified atom stereocenters. The van der Waals surface area contributed by atoms with Gasteiger partial charge in [-0.1, -0.05) is 0 Å². The van der Waals surface area contributed by atoms with E-state index in [1.54, 1.807) is 27.6 Å². The second kappa shape index (κ2) is 10.5. The minimum Gasteiger partial charge on any atom is -0.493 e. The first-order valence-electron chi connectivity index (χ1n) is 9.05. The van der Waals surface area contributed by atoms with E-state index in [2.05, 4.69) is 25.5 Å². The molecule has 0 spiro atoms. The van der Waals surface area contributed by atoms with Gasteiger partial charge in [-0.2, -0.15) is 0 Å². The smallest absolute Gasteiger partial charge is 0.206 e. The summed E-state index contributed by atoms with van der Waals surface area (Å²) in [5.74, 6) is 3.14. The minimum atomic E-state index is 0.625. The summed E-state index contributed by atoms with van der Waals surface area (Å²) in [6, 6.07) is 3.89. The summed E-state index contributed by atoms with van der Waals surface area (Å²) in [5.41, 5.74) is 0.880. The molecule has 1 aromatic heterocycles. The maximum atomic E-state index is 9.06. The zero-order valence-electron chi connectivity index (χ0n) is 16.5. The molecule has 0 saturated carbocycles. The highest BCUT2D eigenvalue weighted by Gasteiger charge is 2.22. The number of benzene rings is 1. The lowest BCUT2D eigenvalue weighted by molar-refractivity contribution is -0.109. The first kappa shape index (κ1) is 20.7. The highest BCUT2D eigenvalue weighted by Crippen LogP contribution is 2.35. The summed E-state index contributed by atoms with van der Waals surface area (Å²) in [7, 11) is 6.87. The number of piperidine rings is 1. The normalized spacial score (nSPS) is 14.3. The number of nitrogens with one attached hydrogen (secondary N) is 2. The summed E-state index contributed by atoms with van der Waals surface area (Å²) < 4.78 is 10.8. The first-order chi connectivity index (χ1) is 13.2. The lowest BCUT2D eigenvalue weighted by atomic mass is 9.96. The van der Waals surface area contributed by atoms with E-state index in [0.29, 0.717) is 17.9 Å². The quantitative estimate of drug-likeness (QED) is 0.739. The van der Waals surface area contributed by atoms with Crippen LogP contribution in [0.15, 0.2) is 18.5 Å². The Morgan fingerprint density at radius 2 is 1.78 bits per heavy atom. The molecule has 0 radical (unpaired) electrons. The molecule has 8 nitrogen and oxygen atoms in total. The van der Waals surface area contributed by atoms with Crippen LogP contribution >= 0.6 is 0 Å². The second-order valence-corrected chi connectivity index (χ2v) is 6.32. The van der Waals surface area contributed by atoms with Gasteiger partial charge in [0, 0.05) is 31.6 Å². The van der Waals surface area contributed by atoms with Gasteiger partial charge in [-0.05, 0) is 38.4 Å². The molecule has 0 atom stereocenters. The van der Waals surface area contributed by atoms with Crippen LogP contribution in [0.25, 0.3) is 10.9 Å². The van der Waals surface area contributed by atoms with Crippen LogP contribution < -0.4 is 25.0 Å². The van der Waals surface area contributed by atoms with Crippen molar-refractivity contribution >= 4 is 23.1 Å². The Bertz CT molecular complexity index is 733. The average molecular weight is 375 g/mol. The van der Waals surface area contributed by atoms with E-state index >= 15 is 0 Å². The lowest BCUT2D eigenvalue weighted by Crippen LogP contribution is -2.37. The molecule has 3 rings (SSSR count). The number of rotatable bonds is 6. The van der Waals surface area contributed by atoms with E-state index in [-0.39, 0.29) is 0 Å². The molecule has 2 heterocycles. The Balaban J connectivity index is 0.000000596. The number of methoxy groups -OCH3 is 2. The molecular formula is C19H29N5O3. The van der Waals surface area contributed by atoms with Crippen molar-refractivity contribution in [3.8, 4) is 11.5 Å². The largest absolute Gasteiger partial charge is 0.493 e. The van der Waals surface area contributed by atoms with Crippen LogP contribution in [0.1, 0.15) is 12.8 Å². The second-order valence-electron chi connectivity index (χ2n) is 6.32. The van der Waals surface area contributed by atoms with Crippen molar-refractivity contribution in [3.63, 3.8) is 0 Å². The number of hydrogen-bond donors (Lipinski definition) is 2. The van der Waals surface area contributed by atoms with Crippen molar-refractivity contribution in [1.29, 1.82) is 0 Å². The third-order valence-corrected chi connectivity index (χ3v) is 4.64. The van der Waals surface area contributed by atoms with Gasteiger partial charge in [-0.15, -0.1) is 0 Å². The molecule has 1 aromatic carbocycles. The number of nitrogens with zero attached hydrogens (tertiary/aromatic N) is 3. The molecule has 0 aliphatic carbocycles. The summed E-state index contributed by atoms with van der Waals surface area (Å²) in [6.07, 6.45) is 4.61. The number of hydrogen-bond acceptors (Lipinski definition) is 7. The molecule has 1 fully saturated rings. The minimum absolute atomic E-state index is 0.625. The van der Waals surface area contributed by atoms with Crippen molar-refractivity contribution in [1.82, 2.24) is 20.6 Å². The fraction of sp³-hybridized carbons (Fsp3) is 0.526. The van der Waals surface area contributed by atoms with E-state index in [0.717, 1.165) is 42.3 Å². The van der Waals surface area contributed by atoms with Gasteiger partial charge in [0.15, 0.2) is 11.5 Å². The molecule has 2 N–H and O–H groups in total. The zero-order chi connectivity index (χ0) is 19.6. The number of ether oxygens (including phenoxy) is 2. The first-order valence-corrected chi connectivity index (χ1v) is 9.05. The molecule has 0 bridgehead atoms. The Labute approximate surface area is 160 Å². The van der Waals surface area contributed by atoms with E-state index in [1.165, 1.54) is 12.8 Å². The number of aromatic nitrogens is 2. The molecular weight excluding hydrogens is 346 g/mol. The van der Waals surface area contributed by atoms with Crippen molar-refractivity contribution in [3.05, 3.63) is 18.5 Å². The predicted molar refractivity (Wildman–Crippen MR) is 107 cm³/mol. The van der Waals surface area contributed by atoms with E-state index in [1.807, 2.05) is 19.2 Å². The van der Waals surface area contributed by atoms with E-state index in [9.17, 15) is 0 Å². The average Bonchev–Trinajstić information content (AvgIpc) is 2.73. The summed E-state index contributed by atoms with van der Waals surface area (Å²) >= 11 is 0. The maximum absolute atomic E-state index is 9.06. The van der Waals surface area contributed by atoms with E-state index in [4.69, 9.17) is 14.3 Å². The maximum Gasteiger partial charge on any atom is 0.206 e. The molecule has 8 heteroatoms. The predicted octanol–water partition coefficient (Wildman–Crippen LogP) is 1.44.